The molecule has 0 unspecified atom stereocenters. The van der Waals surface area contributed by atoms with Gasteiger partial charge in [0.1, 0.15) is 5.69 Å². The van der Waals surface area contributed by atoms with Gasteiger partial charge in [-0.3, -0.25) is 19.4 Å². The fourth-order valence-corrected chi connectivity index (χ4v) is 2.63. The summed E-state index contributed by atoms with van der Waals surface area (Å²) < 4.78 is 0. The van der Waals surface area contributed by atoms with Crippen molar-refractivity contribution in [2.75, 3.05) is 17.3 Å². The quantitative estimate of drug-likeness (QED) is 0.690. The number of pyridine rings is 1. The Morgan fingerprint density at radius 2 is 1.57 bits per heavy atom. The first-order chi connectivity index (χ1) is 13.5. The van der Waals surface area contributed by atoms with Gasteiger partial charge in [0.05, 0.1) is 0 Å². The molecule has 0 saturated carbocycles. The van der Waals surface area contributed by atoms with Crippen molar-refractivity contribution in [1.29, 1.82) is 0 Å². The normalized spacial score (nSPS) is 10.2. The van der Waals surface area contributed by atoms with Gasteiger partial charge in [0.15, 0.2) is 5.78 Å². The van der Waals surface area contributed by atoms with Crippen LogP contribution >= 0.6 is 0 Å². The van der Waals surface area contributed by atoms with Crippen LogP contribution in [0.5, 0.6) is 0 Å². The number of rotatable bonds is 5. The summed E-state index contributed by atoms with van der Waals surface area (Å²) in [6, 6.07) is 18.8. The third kappa shape index (κ3) is 4.29. The molecule has 0 aliphatic carbocycles. The van der Waals surface area contributed by atoms with Crippen LogP contribution in [0.2, 0.25) is 0 Å². The van der Waals surface area contributed by atoms with Crippen molar-refractivity contribution in [3.63, 3.8) is 0 Å². The Kier molecular flexibility index (Phi) is 5.60. The third-order valence-corrected chi connectivity index (χ3v) is 4.24. The van der Waals surface area contributed by atoms with Gasteiger partial charge in [0.25, 0.3) is 11.8 Å². The molecule has 28 heavy (non-hydrogen) atoms. The molecule has 0 atom stereocenters. The second-order valence-corrected chi connectivity index (χ2v) is 6.22. The Morgan fingerprint density at radius 3 is 2.21 bits per heavy atom. The van der Waals surface area contributed by atoms with E-state index in [1.165, 1.54) is 24.1 Å². The molecule has 0 aliphatic rings. The molecular weight excluding hydrogens is 354 g/mol. The number of Topliss-reactive ketones (excluding diaryl/α,β-unsaturated/α-hetero) is 1. The molecule has 6 nitrogen and oxygen atoms in total. The first-order valence-electron chi connectivity index (χ1n) is 8.67. The van der Waals surface area contributed by atoms with Gasteiger partial charge in [-0.1, -0.05) is 18.2 Å². The number of para-hydroxylation sites is 1. The molecule has 2 aromatic carbocycles. The highest BCUT2D eigenvalue weighted by atomic mass is 16.2. The van der Waals surface area contributed by atoms with Gasteiger partial charge in [-0.2, -0.15) is 0 Å². The molecule has 1 heterocycles. The zero-order valence-electron chi connectivity index (χ0n) is 15.5. The predicted molar refractivity (Wildman–Crippen MR) is 108 cm³/mol. The van der Waals surface area contributed by atoms with Gasteiger partial charge in [-0.05, 0) is 55.5 Å². The number of hydrogen-bond donors (Lipinski definition) is 1. The number of carbonyl (C=O) groups is 3. The van der Waals surface area contributed by atoms with Crippen molar-refractivity contribution < 1.29 is 14.4 Å². The smallest absolute Gasteiger partial charge is 0.274 e. The summed E-state index contributed by atoms with van der Waals surface area (Å²) in [5.41, 5.74) is 2.34. The Morgan fingerprint density at radius 1 is 0.893 bits per heavy atom. The van der Waals surface area contributed by atoms with E-state index in [9.17, 15) is 14.4 Å². The lowest BCUT2D eigenvalue weighted by atomic mass is 10.1. The van der Waals surface area contributed by atoms with Crippen molar-refractivity contribution in [3.05, 3.63) is 89.7 Å². The largest absolute Gasteiger partial charge is 0.321 e. The number of benzene rings is 2. The van der Waals surface area contributed by atoms with Crippen molar-refractivity contribution in [3.8, 4) is 0 Å². The molecule has 0 radical (unpaired) electrons. The number of amides is 2. The summed E-state index contributed by atoms with van der Waals surface area (Å²) in [5.74, 6) is -0.727. The molecule has 0 saturated heterocycles. The van der Waals surface area contributed by atoms with Crippen molar-refractivity contribution in [1.82, 2.24) is 4.98 Å². The average Bonchev–Trinajstić information content (AvgIpc) is 2.73. The minimum atomic E-state index is -0.437. The van der Waals surface area contributed by atoms with Crippen LogP contribution in [0, 0.1) is 0 Å². The van der Waals surface area contributed by atoms with Gasteiger partial charge >= 0.3 is 0 Å². The maximum absolute atomic E-state index is 12.7. The molecule has 6 heteroatoms. The van der Waals surface area contributed by atoms with E-state index in [-0.39, 0.29) is 17.4 Å². The Hall–Kier alpha value is -3.80. The highest BCUT2D eigenvalue weighted by molar-refractivity contribution is 6.08. The van der Waals surface area contributed by atoms with Gasteiger partial charge in [0.2, 0.25) is 0 Å². The van der Waals surface area contributed by atoms with E-state index in [2.05, 4.69) is 10.3 Å². The van der Waals surface area contributed by atoms with E-state index < -0.39 is 5.91 Å². The zero-order valence-corrected chi connectivity index (χ0v) is 15.5. The maximum Gasteiger partial charge on any atom is 0.274 e. The lowest BCUT2D eigenvalue weighted by Gasteiger charge is -2.17. The number of ketones is 1. The average molecular weight is 373 g/mol. The number of anilines is 2. The first kappa shape index (κ1) is 19.0. The van der Waals surface area contributed by atoms with Crippen LogP contribution < -0.4 is 10.2 Å². The molecule has 2 amide bonds. The van der Waals surface area contributed by atoms with Gasteiger partial charge < -0.3 is 10.2 Å². The Balaban J connectivity index is 1.76. The standard InChI is InChI=1S/C22H19N3O3/c1-15(26)16-8-10-18(11-9-16)24-21(27)20-14-17(12-13-23-20)22(28)25(2)19-6-4-3-5-7-19/h3-14H,1-2H3,(H,24,27). The van der Waals surface area contributed by atoms with E-state index in [4.69, 9.17) is 0 Å². The first-order valence-corrected chi connectivity index (χ1v) is 8.67. The topological polar surface area (TPSA) is 79.4 Å². The van der Waals surface area contributed by atoms with Crippen LogP contribution in [0.3, 0.4) is 0 Å². The van der Waals surface area contributed by atoms with Crippen molar-refractivity contribution in [2.45, 2.75) is 6.92 Å². The highest BCUT2D eigenvalue weighted by Crippen LogP contribution is 2.16. The summed E-state index contributed by atoms with van der Waals surface area (Å²) in [7, 11) is 1.68. The number of hydrogen-bond acceptors (Lipinski definition) is 4. The van der Waals surface area contributed by atoms with Gasteiger partial charge in [-0.25, -0.2) is 0 Å². The zero-order chi connectivity index (χ0) is 20.1. The van der Waals surface area contributed by atoms with Crippen LogP contribution in [0.25, 0.3) is 0 Å². The van der Waals surface area contributed by atoms with E-state index in [0.717, 1.165) is 5.69 Å². The van der Waals surface area contributed by atoms with Gasteiger partial charge in [0, 0.05) is 35.7 Å². The summed E-state index contributed by atoms with van der Waals surface area (Å²) >= 11 is 0. The number of nitrogens with one attached hydrogen (secondary N) is 1. The lowest BCUT2D eigenvalue weighted by Crippen LogP contribution is -2.26. The molecular formula is C22H19N3O3. The Labute approximate surface area is 162 Å². The predicted octanol–water partition coefficient (Wildman–Crippen LogP) is 3.81. The summed E-state index contributed by atoms with van der Waals surface area (Å²) in [5, 5.41) is 2.71. The summed E-state index contributed by atoms with van der Waals surface area (Å²) in [6.45, 7) is 1.48. The van der Waals surface area contributed by atoms with E-state index >= 15 is 0 Å². The second-order valence-electron chi connectivity index (χ2n) is 6.22. The van der Waals surface area contributed by atoms with Crippen molar-refractivity contribution >= 4 is 29.0 Å². The molecule has 0 spiro atoms. The molecule has 3 aromatic rings. The number of aromatic nitrogens is 1. The molecule has 140 valence electrons. The minimum absolute atomic E-state index is 0.0479. The monoisotopic (exact) mass is 373 g/mol. The second kappa shape index (κ2) is 8.26. The molecule has 0 aliphatic heterocycles. The molecule has 1 N–H and O–H groups in total. The molecule has 0 bridgehead atoms. The number of nitrogens with zero attached hydrogens (tertiary/aromatic N) is 2. The lowest BCUT2D eigenvalue weighted by molar-refractivity contribution is 0.0990. The van der Waals surface area contributed by atoms with Gasteiger partial charge in [-0.15, -0.1) is 0 Å². The summed E-state index contributed by atoms with van der Waals surface area (Å²) in [6.07, 6.45) is 1.43. The summed E-state index contributed by atoms with van der Waals surface area (Å²) in [4.78, 5) is 42.1. The Bertz CT molecular complexity index is 1010. The fraction of sp³-hybridized carbons (Fsp3) is 0.0909. The van der Waals surface area contributed by atoms with Crippen LogP contribution in [-0.2, 0) is 0 Å². The maximum atomic E-state index is 12.7. The molecule has 1 aromatic heterocycles. The minimum Gasteiger partial charge on any atom is -0.321 e. The SMILES string of the molecule is CC(=O)c1ccc(NC(=O)c2cc(C(=O)N(C)c3ccccc3)ccn2)cc1. The van der Waals surface area contributed by atoms with E-state index in [0.29, 0.717) is 16.8 Å². The van der Waals surface area contributed by atoms with Crippen LogP contribution in [0.15, 0.2) is 72.9 Å². The van der Waals surface area contributed by atoms with Crippen LogP contribution in [-0.4, -0.2) is 29.6 Å². The van der Waals surface area contributed by atoms with E-state index in [1.54, 1.807) is 37.4 Å². The van der Waals surface area contributed by atoms with E-state index in [1.807, 2.05) is 30.3 Å². The molecule has 0 fully saturated rings. The fourth-order valence-electron chi connectivity index (χ4n) is 2.63. The number of carbonyl (C=O) groups excluding carboxylic acids is 3. The van der Waals surface area contributed by atoms with Crippen LogP contribution in [0.1, 0.15) is 38.1 Å². The van der Waals surface area contributed by atoms with Crippen molar-refractivity contribution in [2.24, 2.45) is 0 Å². The molecule has 3 rings (SSSR count). The third-order valence-electron chi connectivity index (χ3n) is 4.24. The van der Waals surface area contributed by atoms with Crippen LogP contribution in [0.4, 0.5) is 11.4 Å². The highest BCUT2D eigenvalue weighted by Gasteiger charge is 2.16.